The Morgan fingerprint density at radius 2 is 1.75 bits per heavy atom. The highest BCUT2D eigenvalue weighted by Gasteiger charge is 2.40. The molecule has 0 radical (unpaired) electrons. The van der Waals surface area contributed by atoms with E-state index in [0.29, 0.717) is 38.5 Å². The molecule has 116 valence electrons. The SMILES string of the molecule is CC(C)N1CCC(C)(CC(=O)C2(N)CCOCC2)CC1. The third-order valence-corrected chi connectivity index (χ3v) is 5.26. The van der Waals surface area contributed by atoms with Gasteiger partial charge < -0.3 is 15.4 Å². The maximum absolute atomic E-state index is 12.6. The first kappa shape index (κ1) is 15.9. The molecule has 0 aromatic carbocycles. The molecule has 2 aliphatic rings. The summed E-state index contributed by atoms with van der Waals surface area (Å²) in [6.07, 6.45) is 4.20. The zero-order valence-electron chi connectivity index (χ0n) is 13.3. The summed E-state index contributed by atoms with van der Waals surface area (Å²) < 4.78 is 5.33. The van der Waals surface area contributed by atoms with Crippen molar-refractivity contribution >= 4 is 5.78 Å². The maximum Gasteiger partial charge on any atom is 0.153 e. The van der Waals surface area contributed by atoms with Crippen LogP contribution in [0.4, 0.5) is 0 Å². The van der Waals surface area contributed by atoms with Gasteiger partial charge in [-0.15, -0.1) is 0 Å². The van der Waals surface area contributed by atoms with Gasteiger partial charge >= 0.3 is 0 Å². The van der Waals surface area contributed by atoms with Gasteiger partial charge in [0.05, 0.1) is 5.54 Å². The fraction of sp³-hybridized carbons (Fsp3) is 0.938. The van der Waals surface area contributed by atoms with Crippen LogP contribution in [-0.2, 0) is 9.53 Å². The Morgan fingerprint density at radius 1 is 1.20 bits per heavy atom. The minimum absolute atomic E-state index is 0.132. The second-order valence-electron chi connectivity index (χ2n) is 7.31. The number of piperidine rings is 1. The average molecular weight is 282 g/mol. The normalized spacial score (nSPS) is 26.6. The Kier molecular flexibility index (Phi) is 4.88. The molecule has 0 unspecified atom stereocenters. The van der Waals surface area contributed by atoms with Gasteiger partial charge in [-0.05, 0) is 58.0 Å². The molecule has 2 saturated heterocycles. The number of rotatable bonds is 4. The van der Waals surface area contributed by atoms with Crippen LogP contribution >= 0.6 is 0 Å². The van der Waals surface area contributed by atoms with Crippen molar-refractivity contribution in [2.24, 2.45) is 11.1 Å². The lowest BCUT2D eigenvalue weighted by Crippen LogP contribution is -2.54. The highest BCUT2D eigenvalue weighted by Crippen LogP contribution is 2.37. The van der Waals surface area contributed by atoms with Crippen molar-refractivity contribution in [1.29, 1.82) is 0 Å². The van der Waals surface area contributed by atoms with Crippen molar-refractivity contribution < 1.29 is 9.53 Å². The molecule has 2 N–H and O–H groups in total. The molecule has 2 aliphatic heterocycles. The van der Waals surface area contributed by atoms with Crippen LogP contribution in [0.25, 0.3) is 0 Å². The van der Waals surface area contributed by atoms with Gasteiger partial charge in [0.25, 0.3) is 0 Å². The molecule has 4 nitrogen and oxygen atoms in total. The Labute approximate surface area is 123 Å². The molecule has 20 heavy (non-hydrogen) atoms. The van der Waals surface area contributed by atoms with E-state index in [1.807, 2.05) is 0 Å². The number of carbonyl (C=O) groups excluding carboxylic acids is 1. The lowest BCUT2D eigenvalue weighted by Gasteiger charge is -2.42. The van der Waals surface area contributed by atoms with Crippen molar-refractivity contribution in [3.63, 3.8) is 0 Å². The minimum atomic E-state index is -0.629. The van der Waals surface area contributed by atoms with Crippen molar-refractivity contribution in [1.82, 2.24) is 4.90 Å². The summed E-state index contributed by atoms with van der Waals surface area (Å²) in [4.78, 5) is 15.1. The number of likely N-dealkylation sites (tertiary alicyclic amines) is 1. The van der Waals surface area contributed by atoms with Gasteiger partial charge in [0.1, 0.15) is 0 Å². The molecular weight excluding hydrogens is 252 g/mol. The van der Waals surface area contributed by atoms with Crippen molar-refractivity contribution in [2.45, 2.75) is 64.5 Å². The average Bonchev–Trinajstić information content (AvgIpc) is 2.39. The number of ether oxygens (including phenoxy) is 1. The Balaban J connectivity index is 1.90. The van der Waals surface area contributed by atoms with Crippen molar-refractivity contribution in [3.8, 4) is 0 Å². The first-order valence-electron chi connectivity index (χ1n) is 7.99. The van der Waals surface area contributed by atoms with E-state index < -0.39 is 5.54 Å². The largest absolute Gasteiger partial charge is 0.381 e. The second kappa shape index (κ2) is 6.12. The van der Waals surface area contributed by atoms with E-state index in [9.17, 15) is 4.79 Å². The molecule has 0 aromatic heterocycles. The van der Waals surface area contributed by atoms with Crippen LogP contribution in [0.3, 0.4) is 0 Å². The van der Waals surface area contributed by atoms with Crippen LogP contribution in [0, 0.1) is 5.41 Å². The van der Waals surface area contributed by atoms with E-state index in [-0.39, 0.29) is 11.2 Å². The summed E-state index contributed by atoms with van der Waals surface area (Å²) in [5.41, 5.74) is 5.82. The lowest BCUT2D eigenvalue weighted by atomic mass is 9.72. The van der Waals surface area contributed by atoms with E-state index in [1.54, 1.807) is 0 Å². The highest BCUT2D eigenvalue weighted by molar-refractivity contribution is 5.88. The number of hydrogen-bond donors (Lipinski definition) is 1. The van der Waals surface area contributed by atoms with E-state index in [1.165, 1.54) is 0 Å². The van der Waals surface area contributed by atoms with E-state index >= 15 is 0 Å². The molecule has 2 heterocycles. The minimum Gasteiger partial charge on any atom is -0.381 e. The fourth-order valence-electron chi connectivity index (χ4n) is 3.34. The standard InChI is InChI=1S/C16H30N2O2/c1-13(2)18-8-4-15(3,5-9-18)12-14(19)16(17)6-10-20-11-7-16/h13H,4-12,17H2,1-3H3. The molecule has 4 heteroatoms. The fourth-order valence-corrected chi connectivity index (χ4v) is 3.34. The van der Waals surface area contributed by atoms with Gasteiger partial charge in [0.15, 0.2) is 5.78 Å². The number of nitrogens with zero attached hydrogens (tertiary/aromatic N) is 1. The Bertz CT molecular complexity index is 340. The van der Waals surface area contributed by atoms with E-state index in [2.05, 4.69) is 25.7 Å². The first-order valence-corrected chi connectivity index (χ1v) is 7.99. The first-order chi connectivity index (χ1) is 9.35. The summed E-state index contributed by atoms with van der Waals surface area (Å²) in [5.74, 6) is 0.251. The van der Waals surface area contributed by atoms with Crippen molar-refractivity contribution in [3.05, 3.63) is 0 Å². The quantitative estimate of drug-likeness (QED) is 0.856. The molecule has 0 aromatic rings. The molecule has 0 amide bonds. The number of hydrogen-bond acceptors (Lipinski definition) is 4. The molecule has 2 fully saturated rings. The zero-order chi connectivity index (χ0) is 14.8. The van der Waals surface area contributed by atoms with E-state index in [0.717, 1.165) is 25.9 Å². The van der Waals surface area contributed by atoms with Gasteiger partial charge in [-0.3, -0.25) is 4.79 Å². The van der Waals surface area contributed by atoms with Crippen LogP contribution in [0.5, 0.6) is 0 Å². The summed E-state index contributed by atoms with van der Waals surface area (Å²) >= 11 is 0. The van der Waals surface area contributed by atoms with Gasteiger partial charge in [-0.25, -0.2) is 0 Å². The molecule has 0 saturated carbocycles. The third kappa shape index (κ3) is 3.60. The van der Waals surface area contributed by atoms with Gasteiger partial charge in [0, 0.05) is 25.7 Å². The predicted octanol–water partition coefficient (Wildman–Crippen LogP) is 1.96. The number of ketones is 1. The molecule has 0 bridgehead atoms. The lowest BCUT2D eigenvalue weighted by molar-refractivity contribution is -0.130. The van der Waals surface area contributed by atoms with Gasteiger partial charge in [-0.1, -0.05) is 6.92 Å². The molecule has 0 aliphatic carbocycles. The van der Waals surface area contributed by atoms with E-state index in [4.69, 9.17) is 10.5 Å². The summed E-state index contributed by atoms with van der Waals surface area (Å²) in [6, 6.07) is 0.603. The molecule has 0 spiro atoms. The van der Waals surface area contributed by atoms with Crippen LogP contribution < -0.4 is 5.73 Å². The summed E-state index contributed by atoms with van der Waals surface area (Å²) in [7, 11) is 0. The monoisotopic (exact) mass is 282 g/mol. The second-order valence-corrected chi connectivity index (χ2v) is 7.31. The summed E-state index contributed by atoms with van der Waals surface area (Å²) in [6.45, 7) is 10.2. The van der Waals surface area contributed by atoms with Crippen LogP contribution in [-0.4, -0.2) is 48.6 Å². The zero-order valence-corrected chi connectivity index (χ0v) is 13.3. The Morgan fingerprint density at radius 3 is 2.25 bits per heavy atom. The topological polar surface area (TPSA) is 55.6 Å². The number of nitrogens with two attached hydrogens (primary N) is 1. The smallest absolute Gasteiger partial charge is 0.153 e. The van der Waals surface area contributed by atoms with Crippen LogP contribution in [0.15, 0.2) is 0 Å². The van der Waals surface area contributed by atoms with Gasteiger partial charge in [0.2, 0.25) is 0 Å². The molecular formula is C16H30N2O2. The molecule has 0 atom stereocenters. The maximum atomic E-state index is 12.6. The van der Waals surface area contributed by atoms with Crippen molar-refractivity contribution in [2.75, 3.05) is 26.3 Å². The highest BCUT2D eigenvalue weighted by atomic mass is 16.5. The third-order valence-electron chi connectivity index (χ3n) is 5.26. The van der Waals surface area contributed by atoms with Crippen LogP contribution in [0.1, 0.15) is 52.9 Å². The number of Topliss-reactive ketones (excluding diaryl/α,β-unsaturated/α-hetero) is 1. The van der Waals surface area contributed by atoms with Crippen LogP contribution in [0.2, 0.25) is 0 Å². The Hall–Kier alpha value is -0.450. The predicted molar refractivity (Wildman–Crippen MR) is 80.6 cm³/mol. The number of carbonyl (C=O) groups is 1. The molecule has 2 rings (SSSR count). The summed E-state index contributed by atoms with van der Waals surface area (Å²) in [5, 5.41) is 0. The van der Waals surface area contributed by atoms with Gasteiger partial charge in [-0.2, -0.15) is 0 Å².